The highest BCUT2D eigenvalue weighted by Crippen LogP contribution is 2.29. The van der Waals surface area contributed by atoms with Crippen LogP contribution >= 0.6 is 0 Å². The van der Waals surface area contributed by atoms with Gasteiger partial charge in [-0.25, -0.2) is 4.98 Å². The number of primary amides is 1. The molecule has 1 aromatic heterocycles. The summed E-state index contributed by atoms with van der Waals surface area (Å²) in [5.41, 5.74) is 7.66. The molecule has 0 aliphatic carbocycles. The first kappa shape index (κ1) is 27.9. The lowest BCUT2D eigenvalue weighted by Crippen LogP contribution is -2.26. The van der Waals surface area contributed by atoms with Crippen molar-refractivity contribution in [1.29, 1.82) is 0 Å². The van der Waals surface area contributed by atoms with E-state index in [1.807, 2.05) is 31.2 Å². The highest BCUT2D eigenvalue weighted by Gasteiger charge is 2.25. The standard InChI is InChI=1S/C26H24N6O7S/c1-16(19-5-2-17(3-6-19)14-18-4-11-23(33)22(15-18)25(27)34)29-26-28-13-12-24(30-26)31(40(37,38)39)20-7-9-21(10-8-20)32(35)36/h2-13,15-16,33H,14H2,1H3,(H2,27,34)(H,28,29,30)(H,37,38,39)/t16-/m0/s1. The Morgan fingerprint density at radius 1 is 1.07 bits per heavy atom. The fourth-order valence-electron chi connectivity index (χ4n) is 3.95. The molecule has 0 bridgehead atoms. The van der Waals surface area contributed by atoms with Crippen LogP contribution in [-0.4, -0.2) is 38.9 Å². The van der Waals surface area contributed by atoms with Crippen LogP contribution in [0.1, 0.15) is 40.0 Å². The molecule has 0 unspecified atom stereocenters. The fraction of sp³-hybridized carbons (Fsp3) is 0.115. The summed E-state index contributed by atoms with van der Waals surface area (Å²) in [5, 5.41) is 23.8. The zero-order chi connectivity index (χ0) is 29.0. The summed E-state index contributed by atoms with van der Waals surface area (Å²) in [4.78, 5) is 30.1. The quantitative estimate of drug-likeness (QED) is 0.124. The number of anilines is 3. The number of nitrogens with one attached hydrogen (secondary N) is 1. The van der Waals surface area contributed by atoms with Crippen LogP contribution < -0.4 is 15.4 Å². The molecule has 0 aliphatic rings. The van der Waals surface area contributed by atoms with E-state index in [1.54, 1.807) is 12.1 Å². The van der Waals surface area contributed by atoms with Gasteiger partial charge in [0.1, 0.15) is 5.75 Å². The fourth-order valence-corrected chi connectivity index (χ4v) is 4.68. The highest BCUT2D eigenvalue weighted by atomic mass is 32.2. The van der Waals surface area contributed by atoms with Crippen LogP contribution in [0.2, 0.25) is 0 Å². The first-order valence-corrected chi connectivity index (χ1v) is 13.1. The number of nitro benzene ring substituents is 1. The van der Waals surface area contributed by atoms with Crippen molar-refractivity contribution < 1.29 is 27.8 Å². The normalized spacial score (nSPS) is 11.9. The maximum absolute atomic E-state index is 12.2. The zero-order valence-electron chi connectivity index (χ0n) is 21.0. The summed E-state index contributed by atoms with van der Waals surface area (Å²) in [6, 6.07) is 17.8. The number of carbonyl (C=O) groups is 1. The molecular weight excluding hydrogens is 540 g/mol. The molecule has 0 radical (unpaired) electrons. The number of rotatable bonds is 10. The Bertz CT molecular complexity index is 1660. The Kier molecular flexibility index (Phi) is 7.93. The predicted molar refractivity (Wildman–Crippen MR) is 147 cm³/mol. The van der Waals surface area contributed by atoms with Gasteiger partial charge in [-0.1, -0.05) is 30.3 Å². The van der Waals surface area contributed by atoms with Gasteiger partial charge >= 0.3 is 10.3 Å². The summed E-state index contributed by atoms with van der Waals surface area (Å²) in [6.45, 7) is 1.85. The van der Waals surface area contributed by atoms with Crippen LogP contribution in [0, 0.1) is 10.1 Å². The lowest BCUT2D eigenvalue weighted by Gasteiger charge is -2.21. The van der Waals surface area contributed by atoms with Gasteiger partial charge in [0.05, 0.1) is 22.2 Å². The number of aromatic hydroxyl groups is 1. The molecule has 1 amide bonds. The van der Waals surface area contributed by atoms with Crippen LogP contribution in [0.4, 0.5) is 23.1 Å². The number of hydrogen-bond donors (Lipinski definition) is 4. The number of nitro groups is 1. The molecule has 0 saturated heterocycles. The van der Waals surface area contributed by atoms with E-state index < -0.39 is 21.1 Å². The molecule has 1 heterocycles. The second kappa shape index (κ2) is 11.3. The molecule has 0 saturated carbocycles. The van der Waals surface area contributed by atoms with E-state index in [0.717, 1.165) is 28.8 Å². The minimum absolute atomic E-state index is 0.0512. The van der Waals surface area contributed by atoms with Crippen LogP contribution in [-0.2, 0) is 16.7 Å². The van der Waals surface area contributed by atoms with E-state index in [9.17, 15) is 33.0 Å². The van der Waals surface area contributed by atoms with Crippen LogP contribution in [0.5, 0.6) is 5.75 Å². The maximum atomic E-state index is 12.2. The number of hydrogen-bond acceptors (Lipinski definition) is 9. The van der Waals surface area contributed by atoms with Crippen molar-refractivity contribution in [2.45, 2.75) is 19.4 Å². The molecule has 1 atom stereocenters. The molecule has 4 aromatic rings. The van der Waals surface area contributed by atoms with Crippen LogP contribution in [0.25, 0.3) is 0 Å². The third kappa shape index (κ3) is 6.48. The second-order valence-electron chi connectivity index (χ2n) is 8.75. The number of aromatic nitrogens is 2. The highest BCUT2D eigenvalue weighted by molar-refractivity contribution is 7.87. The van der Waals surface area contributed by atoms with Gasteiger partial charge in [-0.15, -0.1) is 0 Å². The maximum Gasteiger partial charge on any atom is 0.365 e. The van der Waals surface area contributed by atoms with Gasteiger partial charge in [0.15, 0.2) is 5.82 Å². The van der Waals surface area contributed by atoms with Crippen molar-refractivity contribution in [3.05, 3.63) is 111 Å². The molecule has 0 fully saturated rings. The van der Waals surface area contributed by atoms with E-state index in [1.165, 1.54) is 30.5 Å². The largest absolute Gasteiger partial charge is 0.507 e. The van der Waals surface area contributed by atoms with Crippen LogP contribution in [0.3, 0.4) is 0 Å². The average molecular weight is 565 g/mol. The Morgan fingerprint density at radius 3 is 2.33 bits per heavy atom. The average Bonchev–Trinajstić information content (AvgIpc) is 2.90. The van der Waals surface area contributed by atoms with Crippen molar-refractivity contribution in [3.8, 4) is 5.75 Å². The number of carbonyl (C=O) groups excluding carboxylic acids is 1. The van der Waals surface area contributed by atoms with Crippen molar-refractivity contribution in [1.82, 2.24) is 9.97 Å². The van der Waals surface area contributed by atoms with Crippen molar-refractivity contribution in [2.75, 3.05) is 9.62 Å². The molecule has 40 heavy (non-hydrogen) atoms. The molecule has 5 N–H and O–H groups in total. The van der Waals surface area contributed by atoms with Gasteiger partial charge in [0, 0.05) is 24.4 Å². The lowest BCUT2D eigenvalue weighted by atomic mass is 9.99. The molecule has 3 aromatic carbocycles. The smallest absolute Gasteiger partial charge is 0.365 e. The van der Waals surface area contributed by atoms with Crippen molar-refractivity contribution >= 4 is 39.4 Å². The van der Waals surface area contributed by atoms with Gasteiger partial charge in [0.2, 0.25) is 5.95 Å². The zero-order valence-corrected chi connectivity index (χ0v) is 21.8. The predicted octanol–water partition coefficient (Wildman–Crippen LogP) is 3.89. The van der Waals surface area contributed by atoms with Gasteiger partial charge in [0.25, 0.3) is 11.6 Å². The van der Waals surface area contributed by atoms with Gasteiger partial charge in [-0.2, -0.15) is 17.7 Å². The van der Waals surface area contributed by atoms with Crippen LogP contribution in [0.15, 0.2) is 79.0 Å². The number of nitrogens with zero attached hydrogens (tertiary/aromatic N) is 4. The minimum Gasteiger partial charge on any atom is -0.507 e. The number of phenols is 1. The molecule has 206 valence electrons. The van der Waals surface area contributed by atoms with Gasteiger partial charge < -0.3 is 16.2 Å². The number of non-ortho nitro benzene ring substituents is 1. The summed E-state index contributed by atoms with van der Waals surface area (Å²) >= 11 is 0. The molecule has 4 rings (SSSR count). The molecule has 13 nitrogen and oxygen atoms in total. The number of nitrogens with two attached hydrogens (primary N) is 1. The SMILES string of the molecule is C[C@H](Nc1nccc(N(c2ccc([N+](=O)[O-])cc2)S(=O)(=O)O)n1)c1ccc(Cc2ccc(O)c(C(N)=O)c2)cc1. The Labute approximate surface area is 229 Å². The minimum atomic E-state index is -4.84. The topological polar surface area (TPSA) is 202 Å². The number of amides is 1. The summed E-state index contributed by atoms with van der Waals surface area (Å²) in [6.07, 6.45) is 1.81. The molecular formula is C26H24N6O7S. The van der Waals surface area contributed by atoms with E-state index in [4.69, 9.17) is 5.73 Å². The monoisotopic (exact) mass is 564 g/mol. The molecule has 0 spiro atoms. The van der Waals surface area contributed by atoms with E-state index in [-0.39, 0.29) is 40.5 Å². The summed E-state index contributed by atoms with van der Waals surface area (Å²) in [5.74, 6) is -0.994. The first-order valence-electron chi connectivity index (χ1n) is 11.7. The summed E-state index contributed by atoms with van der Waals surface area (Å²) in [7, 11) is -4.84. The third-order valence-electron chi connectivity index (χ3n) is 5.93. The van der Waals surface area contributed by atoms with E-state index >= 15 is 0 Å². The Balaban J connectivity index is 1.50. The van der Waals surface area contributed by atoms with Crippen molar-refractivity contribution in [2.24, 2.45) is 5.73 Å². The lowest BCUT2D eigenvalue weighted by molar-refractivity contribution is -0.384. The Morgan fingerprint density at radius 2 is 1.73 bits per heavy atom. The van der Waals surface area contributed by atoms with E-state index in [0.29, 0.717) is 10.7 Å². The van der Waals surface area contributed by atoms with Crippen molar-refractivity contribution in [3.63, 3.8) is 0 Å². The molecule has 0 aliphatic heterocycles. The van der Waals surface area contributed by atoms with E-state index in [2.05, 4.69) is 15.3 Å². The first-order chi connectivity index (χ1) is 18.9. The van der Waals surface area contributed by atoms with Gasteiger partial charge in [-0.05, 0) is 54.3 Å². The Hall–Kier alpha value is -5.08. The van der Waals surface area contributed by atoms with Gasteiger partial charge in [-0.3, -0.25) is 19.5 Å². The number of benzene rings is 3. The molecule has 14 heteroatoms. The third-order valence-corrected chi connectivity index (χ3v) is 6.79. The summed E-state index contributed by atoms with van der Waals surface area (Å²) < 4.78 is 34.7. The second-order valence-corrected chi connectivity index (χ2v) is 10.0.